The summed E-state index contributed by atoms with van der Waals surface area (Å²) in [6.07, 6.45) is -0.177. The molecule has 2 aromatic carbocycles. The third-order valence-electron chi connectivity index (χ3n) is 4.00. The number of carboxylic acid groups (broad SMARTS) is 1. The lowest BCUT2D eigenvalue weighted by Gasteiger charge is -2.28. The van der Waals surface area contributed by atoms with Crippen molar-refractivity contribution >= 4 is 11.9 Å². The van der Waals surface area contributed by atoms with Gasteiger partial charge in [0.1, 0.15) is 11.4 Å². The minimum Gasteiger partial charge on any atom is -0.496 e. The number of carbonyl (C=O) groups excluding carboxylic acids is 1. The molecule has 0 amide bonds. The third kappa shape index (κ3) is 4.86. The molecule has 0 fully saturated rings. The highest BCUT2D eigenvalue weighted by Gasteiger charge is 2.45. The number of carbonyl (C=O) groups is 2. The summed E-state index contributed by atoms with van der Waals surface area (Å²) >= 11 is 0. The van der Waals surface area contributed by atoms with Crippen LogP contribution < -0.4 is 10.5 Å². The molecule has 27 heavy (non-hydrogen) atoms. The Labute approximate surface area is 158 Å². The Morgan fingerprint density at radius 2 is 1.63 bits per heavy atom. The van der Waals surface area contributed by atoms with E-state index in [9.17, 15) is 14.7 Å². The van der Waals surface area contributed by atoms with Crippen LogP contribution >= 0.6 is 0 Å². The molecule has 144 valence electrons. The molecule has 1 unspecified atom stereocenters. The van der Waals surface area contributed by atoms with Crippen molar-refractivity contribution in [2.24, 2.45) is 5.73 Å². The zero-order chi connectivity index (χ0) is 20.2. The molecule has 1 atom stereocenters. The summed E-state index contributed by atoms with van der Waals surface area (Å²) in [6.45, 7) is 4.99. The van der Waals surface area contributed by atoms with Gasteiger partial charge in [0.25, 0.3) is 0 Å². The number of esters is 1. The van der Waals surface area contributed by atoms with E-state index >= 15 is 0 Å². The number of ether oxygens (including phenoxy) is 2. The van der Waals surface area contributed by atoms with Crippen LogP contribution in [0, 0.1) is 0 Å². The average Bonchev–Trinajstić information content (AvgIpc) is 2.60. The average molecular weight is 371 g/mol. The second-order valence-electron chi connectivity index (χ2n) is 7.35. The maximum Gasteiger partial charge on any atom is 0.338 e. The Hall–Kier alpha value is -2.86. The molecule has 2 rings (SSSR count). The van der Waals surface area contributed by atoms with Gasteiger partial charge in [0, 0.05) is 12.0 Å². The Morgan fingerprint density at radius 3 is 2.15 bits per heavy atom. The van der Waals surface area contributed by atoms with E-state index in [1.807, 2.05) is 36.4 Å². The Kier molecular flexibility index (Phi) is 5.91. The lowest BCUT2D eigenvalue weighted by Crippen LogP contribution is -2.58. The fourth-order valence-corrected chi connectivity index (χ4v) is 2.61. The number of nitrogens with two attached hydrogens (primary N) is 1. The lowest BCUT2D eigenvalue weighted by molar-refractivity contribution is -0.169. The van der Waals surface area contributed by atoms with Crippen molar-refractivity contribution in [1.29, 1.82) is 0 Å². The molecule has 0 heterocycles. The van der Waals surface area contributed by atoms with Crippen LogP contribution in [-0.2, 0) is 20.7 Å². The Bertz CT molecular complexity index is 823. The molecule has 0 bridgehead atoms. The van der Waals surface area contributed by atoms with E-state index in [1.54, 1.807) is 40.0 Å². The van der Waals surface area contributed by atoms with Gasteiger partial charge in [-0.15, -0.1) is 0 Å². The summed E-state index contributed by atoms with van der Waals surface area (Å²) in [7, 11) is 1.60. The first kappa shape index (κ1) is 20.5. The van der Waals surface area contributed by atoms with Crippen molar-refractivity contribution in [3.05, 3.63) is 54.1 Å². The highest BCUT2D eigenvalue weighted by Crippen LogP contribution is 2.30. The fourth-order valence-electron chi connectivity index (χ4n) is 2.61. The van der Waals surface area contributed by atoms with E-state index in [1.165, 1.54) is 0 Å². The number of benzene rings is 2. The van der Waals surface area contributed by atoms with Gasteiger partial charge >= 0.3 is 11.9 Å². The zero-order valence-electron chi connectivity index (χ0n) is 16.0. The molecule has 0 aromatic heterocycles. The van der Waals surface area contributed by atoms with Crippen molar-refractivity contribution in [3.63, 3.8) is 0 Å². The maximum absolute atomic E-state index is 12.4. The molecule has 0 aliphatic rings. The Balaban J connectivity index is 2.27. The second-order valence-corrected chi connectivity index (χ2v) is 7.35. The molecule has 6 heteroatoms. The molecule has 2 aromatic rings. The summed E-state index contributed by atoms with van der Waals surface area (Å²) in [6, 6.07) is 14.7. The van der Waals surface area contributed by atoms with Crippen LogP contribution in [0.25, 0.3) is 11.1 Å². The van der Waals surface area contributed by atoms with Crippen LogP contribution in [0.15, 0.2) is 48.5 Å². The van der Waals surface area contributed by atoms with E-state index in [-0.39, 0.29) is 6.42 Å². The molecular weight excluding hydrogens is 346 g/mol. The van der Waals surface area contributed by atoms with E-state index in [0.717, 1.165) is 16.9 Å². The first-order valence-electron chi connectivity index (χ1n) is 8.55. The van der Waals surface area contributed by atoms with Gasteiger partial charge in [-0.05, 0) is 38.0 Å². The number of rotatable bonds is 6. The van der Waals surface area contributed by atoms with E-state index in [0.29, 0.717) is 5.56 Å². The standard InChI is InChI=1S/C21H25NO5/c1-20(2,3)27-19(25)21(22,18(23)24)13-14-9-11-15(12-10-14)16-7-5-6-8-17(16)26-4/h5-12H,13,22H2,1-4H3,(H,23,24). The smallest absolute Gasteiger partial charge is 0.338 e. The number of aliphatic carboxylic acids is 1. The lowest BCUT2D eigenvalue weighted by atomic mass is 9.90. The number of methoxy groups -OCH3 is 1. The molecule has 0 saturated heterocycles. The molecular formula is C21H25NO5. The van der Waals surface area contributed by atoms with E-state index in [4.69, 9.17) is 15.2 Å². The maximum atomic E-state index is 12.4. The normalized spacial score (nSPS) is 13.5. The zero-order valence-corrected chi connectivity index (χ0v) is 16.0. The summed E-state index contributed by atoms with van der Waals surface area (Å²) in [5.74, 6) is -1.65. The minimum atomic E-state index is -2.15. The Morgan fingerprint density at radius 1 is 1.04 bits per heavy atom. The van der Waals surface area contributed by atoms with Crippen LogP contribution in [0.5, 0.6) is 5.75 Å². The number of carboxylic acids is 1. The summed E-state index contributed by atoms with van der Waals surface area (Å²) in [4.78, 5) is 24.0. The molecule has 0 spiro atoms. The molecule has 3 N–H and O–H groups in total. The van der Waals surface area contributed by atoms with Gasteiger partial charge in [0.05, 0.1) is 7.11 Å². The van der Waals surface area contributed by atoms with Gasteiger partial charge in [-0.25, -0.2) is 9.59 Å². The topological polar surface area (TPSA) is 98.9 Å². The van der Waals surface area contributed by atoms with Crippen molar-refractivity contribution < 1.29 is 24.2 Å². The molecule has 0 saturated carbocycles. The van der Waals surface area contributed by atoms with Crippen molar-refractivity contribution in [2.45, 2.75) is 38.3 Å². The van der Waals surface area contributed by atoms with Gasteiger partial charge in [-0.1, -0.05) is 42.5 Å². The van der Waals surface area contributed by atoms with Crippen LogP contribution in [0.1, 0.15) is 26.3 Å². The predicted octanol–water partition coefficient (Wildman–Crippen LogP) is 3.03. The van der Waals surface area contributed by atoms with Crippen LogP contribution in [-0.4, -0.2) is 35.3 Å². The number of hydrogen-bond donors (Lipinski definition) is 2. The van der Waals surface area contributed by atoms with Gasteiger partial charge in [0.15, 0.2) is 0 Å². The molecule has 0 aliphatic heterocycles. The van der Waals surface area contributed by atoms with Crippen LogP contribution in [0.4, 0.5) is 0 Å². The van der Waals surface area contributed by atoms with Crippen molar-refractivity contribution in [1.82, 2.24) is 0 Å². The fraction of sp³-hybridized carbons (Fsp3) is 0.333. The van der Waals surface area contributed by atoms with Crippen LogP contribution in [0.2, 0.25) is 0 Å². The monoisotopic (exact) mass is 371 g/mol. The van der Waals surface area contributed by atoms with Gasteiger partial charge < -0.3 is 20.3 Å². The predicted molar refractivity (Wildman–Crippen MR) is 103 cm³/mol. The number of hydrogen-bond acceptors (Lipinski definition) is 5. The second kappa shape index (κ2) is 7.80. The van der Waals surface area contributed by atoms with Gasteiger partial charge in [0.2, 0.25) is 5.54 Å². The van der Waals surface area contributed by atoms with E-state index in [2.05, 4.69) is 0 Å². The first-order valence-corrected chi connectivity index (χ1v) is 8.55. The van der Waals surface area contributed by atoms with Crippen molar-refractivity contribution in [2.75, 3.05) is 7.11 Å². The summed E-state index contributed by atoms with van der Waals surface area (Å²) in [5, 5.41) is 9.52. The molecule has 0 aliphatic carbocycles. The van der Waals surface area contributed by atoms with Crippen LogP contribution in [0.3, 0.4) is 0 Å². The SMILES string of the molecule is COc1ccccc1-c1ccc(CC(N)(C(=O)O)C(=O)OC(C)(C)C)cc1. The number of para-hydroxylation sites is 1. The minimum absolute atomic E-state index is 0.177. The summed E-state index contributed by atoms with van der Waals surface area (Å²) < 4.78 is 10.6. The quantitative estimate of drug-likeness (QED) is 0.598. The van der Waals surface area contributed by atoms with Gasteiger partial charge in [-0.3, -0.25) is 0 Å². The molecule has 0 radical (unpaired) electrons. The largest absolute Gasteiger partial charge is 0.496 e. The summed E-state index contributed by atoms with van der Waals surface area (Å²) in [5.41, 5.74) is 5.38. The first-order chi connectivity index (χ1) is 12.6. The third-order valence-corrected chi connectivity index (χ3v) is 4.00. The van der Waals surface area contributed by atoms with Crippen molar-refractivity contribution in [3.8, 4) is 16.9 Å². The highest BCUT2D eigenvalue weighted by molar-refractivity contribution is 6.04. The highest BCUT2D eigenvalue weighted by atomic mass is 16.6. The van der Waals surface area contributed by atoms with E-state index < -0.39 is 23.1 Å². The van der Waals surface area contributed by atoms with Gasteiger partial charge in [-0.2, -0.15) is 0 Å². The molecule has 6 nitrogen and oxygen atoms in total.